The van der Waals surface area contributed by atoms with Crippen LogP contribution in [0.1, 0.15) is 65.7 Å². The third-order valence-corrected chi connectivity index (χ3v) is 13.3. The quantitative estimate of drug-likeness (QED) is 0.514. The lowest BCUT2D eigenvalue weighted by atomic mass is 9.56. The number of aliphatic hydroxyl groups excluding tert-OH is 1. The SMILES string of the molecule is C=C1C[C@H](O)C2CCCC3(CCC4(OCCO4)C23)C[C@@H]1O[Si](C)(C)C(C)(C)C. The molecule has 28 heavy (non-hydrogen) atoms. The molecule has 0 aromatic carbocycles. The molecule has 4 rings (SSSR count). The van der Waals surface area contributed by atoms with Crippen molar-refractivity contribution in [1.82, 2.24) is 0 Å². The van der Waals surface area contributed by atoms with E-state index >= 15 is 0 Å². The summed E-state index contributed by atoms with van der Waals surface area (Å²) in [6.07, 6.45) is 6.86. The van der Waals surface area contributed by atoms with Crippen molar-refractivity contribution in [3.8, 4) is 0 Å². The number of hydrogen-bond acceptors (Lipinski definition) is 4. The zero-order valence-electron chi connectivity index (χ0n) is 18.6. The maximum Gasteiger partial charge on any atom is 0.192 e. The number of hydrogen-bond donors (Lipinski definition) is 1. The summed E-state index contributed by atoms with van der Waals surface area (Å²) in [5.74, 6) is 0.0662. The Morgan fingerprint density at radius 2 is 1.82 bits per heavy atom. The summed E-state index contributed by atoms with van der Waals surface area (Å²) in [5.41, 5.74) is 1.24. The van der Waals surface area contributed by atoms with Gasteiger partial charge in [0, 0.05) is 12.3 Å². The van der Waals surface area contributed by atoms with Gasteiger partial charge in [0.2, 0.25) is 0 Å². The fourth-order valence-electron chi connectivity index (χ4n) is 6.38. The van der Waals surface area contributed by atoms with Crippen LogP contribution in [0, 0.1) is 17.3 Å². The highest BCUT2D eigenvalue weighted by atomic mass is 28.4. The summed E-state index contributed by atoms with van der Waals surface area (Å²) in [7, 11) is -1.93. The van der Waals surface area contributed by atoms with E-state index in [0.717, 1.165) is 31.3 Å². The van der Waals surface area contributed by atoms with Gasteiger partial charge in [-0.05, 0) is 67.1 Å². The molecule has 1 heterocycles. The van der Waals surface area contributed by atoms with Crippen LogP contribution in [0.5, 0.6) is 0 Å². The highest BCUT2D eigenvalue weighted by Gasteiger charge is 2.65. The molecule has 0 aromatic heterocycles. The lowest BCUT2D eigenvalue weighted by molar-refractivity contribution is -0.228. The first kappa shape index (κ1) is 21.0. The van der Waals surface area contributed by atoms with Crippen LogP contribution in [0.25, 0.3) is 0 Å². The Morgan fingerprint density at radius 3 is 2.46 bits per heavy atom. The fraction of sp³-hybridized carbons (Fsp3) is 0.913. The average Bonchev–Trinajstić information content (AvgIpc) is 3.19. The van der Waals surface area contributed by atoms with Crippen molar-refractivity contribution in [1.29, 1.82) is 0 Å². The molecule has 3 unspecified atom stereocenters. The van der Waals surface area contributed by atoms with E-state index in [1.54, 1.807) is 0 Å². The van der Waals surface area contributed by atoms with Crippen LogP contribution < -0.4 is 0 Å². The highest BCUT2D eigenvalue weighted by molar-refractivity contribution is 6.74. The Kier molecular flexibility index (Phi) is 5.19. The molecule has 160 valence electrons. The van der Waals surface area contributed by atoms with E-state index in [-0.39, 0.29) is 34.5 Å². The van der Waals surface area contributed by atoms with Crippen LogP contribution in [0.15, 0.2) is 12.2 Å². The fourth-order valence-corrected chi connectivity index (χ4v) is 7.70. The third-order valence-electron chi connectivity index (χ3n) is 8.78. The molecule has 3 saturated carbocycles. The maximum atomic E-state index is 11.2. The van der Waals surface area contributed by atoms with Gasteiger partial charge in [0.25, 0.3) is 0 Å². The average molecular weight is 409 g/mol. The van der Waals surface area contributed by atoms with Crippen molar-refractivity contribution in [2.75, 3.05) is 13.2 Å². The van der Waals surface area contributed by atoms with Gasteiger partial charge in [-0.3, -0.25) is 0 Å². The van der Waals surface area contributed by atoms with E-state index in [9.17, 15) is 5.11 Å². The van der Waals surface area contributed by atoms with Crippen molar-refractivity contribution in [2.45, 2.75) is 102 Å². The van der Waals surface area contributed by atoms with Crippen LogP contribution in [-0.4, -0.2) is 44.6 Å². The summed E-state index contributed by atoms with van der Waals surface area (Å²) >= 11 is 0. The minimum Gasteiger partial charge on any atom is -0.410 e. The largest absolute Gasteiger partial charge is 0.410 e. The first-order valence-electron chi connectivity index (χ1n) is 11.3. The Balaban J connectivity index is 1.69. The normalized spacial score (nSPS) is 41.0. The summed E-state index contributed by atoms with van der Waals surface area (Å²) in [5, 5.41) is 11.4. The van der Waals surface area contributed by atoms with Crippen molar-refractivity contribution < 1.29 is 19.0 Å². The summed E-state index contributed by atoms with van der Waals surface area (Å²) in [6, 6.07) is 0. The molecule has 4 aliphatic rings. The molecule has 4 nitrogen and oxygen atoms in total. The minimum atomic E-state index is -1.93. The Bertz CT molecular complexity index is 619. The van der Waals surface area contributed by atoms with Crippen molar-refractivity contribution in [3.05, 3.63) is 12.2 Å². The lowest BCUT2D eigenvalue weighted by Gasteiger charge is -2.53. The summed E-state index contributed by atoms with van der Waals surface area (Å²) in [6.45, 7) is 17.3. The second-order valence-corrected chi connectivity index (χ2v) is 16.2. The Labute approximate surface area is 172 Å². The zero-order valence-corrected chi connectivity index (χ0v) is 19.6. The predicted octanol–water partition coefficient (Wildman–Crippen LogP) is 5.03. The van der Waals surface area contributed by atoms with Crippen LogP contribution in [-0.2, 0) is 13.9 Å². The van der Waals surface area contributed by atoms with Gasteiger partial charge in [0.05, 0.1) is 25.4 Å². The number of aliphatic hydroxyl groups is 1. The zero-order chi connectivity index (χ0) is 20.4. The minimum absolute atomic E-state index is 0.0358. The van der Waals surface area contributed by atoms with E-state index < -0.39 is 14.1 Å². The molecular formula is C23H40O4Si. The molecule has 3 aliphatic carbocycles. The van der Waals surface area contributed by atoms with Gasteiger partial charge < -0.3 is 19.0 Å². The summed E-state index contributed by atoms with van der Waals surface area (Å²) in [4.78, 5) is 0. The Hall–Kier alpha value is -0.203. The topological polar surface area (TPSA) is 47.9 Å². The van der Waals surface area contributed by atoms with Gasteiger partial charge in [0.15, 0.2) is 14.1 Å². The molecule has 5 atom stereocenters. The number of ether oxygens (including phenoxy) is 2. The molecule has 1 saturated heterocycles. The van der Waals surface area contributed by atoms with Gasteiger partial charge in [-0.1, -0.05) is 33.8 Å². The van der Waals surface area contributed by atoms with Gasteiger partial charge in [0.1, 0.15) is 0 Å². The van der Waals surface area contributed by atoms with Crippen molar-refractivity contribution in [2.24, 2.45) is 17.3 Å². The predicted molar refractivity (Wildman–Crippen MR) is 114 cm³/mol. The number of rotatable bonds is 2. The van der Waals surface area contributed by atoms with Gasteiger partial charge in [-0.25, -0.2) is 0 Å². The lowest BCUT2D eigenvalue weighted by Crippen LogP contribution is -2.54. The van der Waals surface area contributed by atoms with E-state index in [1.807, 2.05) is 0 Å². The van der Waals surface area contributed by atoms with E-state index in [2.05, 4.69) is 40.4 Å². The maximum absolute atomic E-state index is 11.2. The van der Waals surface area contributed by atoms with E-state index in [1.165, 1.54) is 12.8 Å². The molecule has 5 heteroatoms. The standard InChI is InChI=1S/C23H40O4Si/c1-16-14-18(24)17-8-7-9-22(10-11-23(20(17)22)25-12-13-26-23)15-19(16)27-28(5,6)21(2,3)4/h17-20,24H,1,7-15H2,2-6H3/t17?,18-,19-,20?,22?/m0/s1. The van der Waals surface area contributed by atoms with Crippen LogP contribution in [0.3, 0.4) is 0 Å². The van der Waals surface area contributed by atoms with Crippen molar-refractivity contribution >= 4 is 8.32 Å². The first-order chi connectivity index (χ1) is 13.0. The van der Waals surface area contributed by atoms with Crippen LogP contribution in [0.2, 0.25) is 18.1 Å². The second kappa shape index (κ2) is 6.91. The van der Waals surface area contributed by atoms with Crippen LogP contribution in [0.4, 0.5) is 0 Å². The Morgan fingerprint density at radius 1 is 1.14 bits per heavy atom. The molecule has 0 radical (unpaired) electrons. The summed E-state index contributed by atoms with van der Waals surface area (Å²) < 4.78 is 19.5. The molecule has 1 N–H and O–H groups in total. The first-order valence-corrected chi connectivity index (χ1v) is 14.2. The molecule has 0 amide bonds. The molecule has 4 fully saturated rings. The molecule has 1 aliphatic heterocycles. The van der Waals surface area contributed by atoms with Crippen LogP contribution >= 0.6 is 0 Å². The molecule has 0 aromatic rings. The van der Waals surface area contributed by atoms with E-state index in [4.69, 9.17) is 13.9 Å². The molecule has 2 bridgehead atoms. The van der Waals surface area contributed by atoms with Gasteiger partial charge in [-0.15, -0.1) is 0 Å². The third kappa shape index (κ3) is 3.26. The van der Waals surface area contributed by atoms with Gasteiger partial charge in [-0.2, -0.15) is 0 Å². The monoisotopic (exact) mass is 408 g/mol. The smallest absolute Gasteiger partial charge is 0.192 e. The van der Waals surface area contributed by atoms with E-state index in [0.29, 0.717) is 19.6 Å². The highest BCUT2D eigenvalue weighted by Crippen LogP contribution is 2.65. The van der Waals surface area contributed by atoms with Crippen molar-refractivity contribution in [3.63, 3.8) is 0 Å². The second-order valence-electron chi connectivity index (χ2n) is 11.4. The molecule has 1 spiro atoms. The van der Waals surface area contributed by atoms with Gasteiger partial charge >= 0.3 is 0 Å². The molecular weight excluding hydrogens is 368 g/mol.